The van der Waals surface area contributed by atoms with Gasteiger partial charge in [-0.3, -0.25) is 9.59 Å². The molecule has 0 saturated carbocycles. The van der Waals surface area contributed by atoms with Crippen molar-refractivity contribution in [2.45, 2.75) is 19.9 Å². The van der Waals surface area contributed by atoms with Gasteiger partial charge in [0.15, 0.2) is 0 Å². The number of nitrogens with zero attached hydrogens (tertiary/aromatic N) is 1. The normalized spacial score (nSPS) is 10.0. The Hall–Kier alpha value is -1.55. The maximum Gasteiger partial charge on any atom is 0.312 e. The topological polar surface area (TPSA) is 49.4 Å². The molecule has 0 aromatic heterocycles. The molecule has 19 heavy (non-hydrogen) atoms. The summed E-state index contributed by atoms with van der Waals surface area (Å²) in [7, 11) is 0. The molecule has 0 heterocycles. The molecule has 1 rings (SSSR count). The van der Waals surface area contributed by atoms with Gasteiger partial charge in [-0.25, -0.2) is 0 Å². The first-order chi connectivity index (χ1) is 9.19. The van der Waals surface area contributed by atoms with Crippen LogP contribution in [0.25, 0.3) is 0 Å². The molecule has 0 bridgehead atoms. The van der Waals surface area contributed by atoms with E-state index in [1.807, 2.05) is 37.3 Å². The van der Waals surface area contributed by atoms with E-state index >= 15 is 0 Å². The molecule has 2 amide bonds. The summed E-state index contributed by atoms with van der Waals surface area (Å²) in [6.07, 6.45) is 0.658. The molecule has 1 aromatic carbocycles. The summed E-state index contributed by atoms with van der Waals surface area (Å²) in [5.74, 6) is -0.598. The van der Waals surface area contributed by atoms with Gasteiger partial charge in [0.1, 0.15) is 0 Å². The van der Waals surface area contributed by atoms with Gasteiger partial charge >= 0.3 is 11.8 Å². The lowest BCUT2D eigenvalue weighted by atomic mass is 10.2. The molecular formula is C14H19ClN2O2. The highest BCUT2D eigenvalue weighted by molar-refractivity contribution is 6.34. The lowest BCUT2D eigenvalue weighted by Crippen LogP contribution is -2.42. The van der Waals surface area contributed by atoms with Gasteiger partial charge in [-0.05, 0) is 18.9 Å². The minimum Gasteiger partial charge on any atom is -0.348 e. The summed E-state index contributed by atoms with van der Waals surface area (Å²) in [6, 6.07) is 9.60. The summed E-state index contributed by atoms with van der Waals surface area (Å²) in [5, 5.41) is 2.57. The fourth-order valence-electron chi connectivity index (χ4n) is 1.62. The number of likely N-dealkylation sites (N-methyl/N-ethyl adjacent to an activating group) is 1. The van der Waals surface area contributed by atoms with Crippen molar-refractivity contribution in [1.29, 1.82) is 0 Å². The first-order valence-electron chi connectivity index (χ1n) is 6.36. The lowest BCUT2D eigenvalue weighted by molar-refractivity contribution is -0.146. The second kappa shape index (κ2) is 8.53. The van der Waals surface area contributed by atoms with Crippen molar-refractivity contribution in [2.24, 2.45) is 0 Å². The Morgan fingerprint density at radius 3 is 2.53 bits per heavy atom. The van der Waals surface area contributed by atoms with E-state index < -0.39 is 11.8 Å². The molecule has 0 saturated heterocycles. The van der Waals surface area contributed by atoms with E-state index in [0.29, 0.717) is 31.9 Å². The maximum atomic E-state index is 12.0. The Kier molecular flexibility index (Phi) is 6.97. The minimum absolute atomic E-state index is 0.428. The van der Waals surface area contributed by atoms with Crippen LogP contribution >= 0.6 is 11.6 Å². The monoisotopic (exact) mass is 282 g/mol. The number of amides is 2. The van der Waals surface area contributed by atoms with Gasteiger partial charge in [-0.15, -0.1) is 11.6 Å². The standard InChI is InChI=1S/C14H19ClN2O2/c1-2-17(11-12-7-4-3-5-8-12)14(19)13(18)16-10-6-9-15/h3-5,7-8H,2,6,9-11H2,1H3,(H,16,18). The second-order valence-corrected chi connectivity index (χ2v) is 4.48. The molecule has 4 nitrogen and oxygen atoms in total. The highest BCUT2D eigenvalue weighted by atomic mass is 35.5. The van der Waals surface area contributed by atoms with Gasteiger partial charge < -0.3 is 10.2 Å². The fraction of sp³-hybridized carbons (Fsp3) is 0.429. The molecule has 0 radical (unpaired) electrons. The molecule has 0 aliphatic heterocycles. The number of alkyl halides is 1. The van der Waals surface area contributed by atoms with Crippen LogP contribution < -0.4 is 5.32 Å². The SMILES string of the molecule is CCN(Cc1ccccc1)C(=O)C(=O)NCCCCl. The van der Waals surface area contributed by atoms with Crippen LogP contribution in [0.3, 0.4) is 0 Å². The molecule has 104 valence electrons. The third-order valence-corrected chi connectivity index (χ3v) is 2.94. The van der Waals surface area contributed by atoms with Crippen LogP contribution in [0.1, 0.15) is 18.9 Å². The first-order valence-corrected chi connectivity index (χ1v) is 6.89. The summed E-state index contributed by atoms with van der Waals surface area (Å²) >= 11 is 5.52. The van der Waals surface area contributed by atoms with Crippen molar-refractivity contribution >= 4 is 23.4 Å². The van der Waals surface area contributed by atoms with Crippen molar-refractivity contribution in [3.63, 3.8) is 0 Å². The van der Waals surface area contributed by atoms with Crippen LogP contribution in [0.15, 0.2) is 30.3 Å². The van der Waals surface area contributed by atoms with Crippen LogP contribution in [0.4, 0.5) is 0 Å². The molecule has 0 fully saturated rings. The highest BCUT2D eigenvalue weighted by Crippen LogP contribution is 2.04. The molecule has 1 N–H and O–H groups in total. The number of rotatable bonds is 6. The highest BCUT2D eigenvalue weighted by Gasteiger charge is 2.19. The van der Waals surface area contributed by atoms with Gasteiger partial charge in [0.2, 0.25) is 0 Å². The Morgan fingerprint density at radius 1 is 1.26 bits per heavy atom. The number of carbonyl (C=O) groups excluding carboxylic acids is 2. The molecular weight excluding hydrogens is 264 g/mol. The van der Waals surface area contributed by atoms with Crippen molar-refractivity contribution in [2.75, 3.05) is 19.0 Å². The van der Waals surface area contributed by atoms with Crippen LogP contribution in [-0.4, -0.2) is 35.7 Å². The minimum atomic E-state index is -0.567. The Bertz CT molecular complexity index is 409. The zero-order chi connectivity index (χ0) is 14.1. The number of carbonyl (C=O) groups is 2. The maximum absolute atomic E-state index is 12.0. The molecule has 0 spiro atoms. The average Bonchev–Trinajstić information content (AvgIpc) is 2.45. The average molecular weight is 283 g/mol. The third kappa shape index (κ3) is 5.30. The largest absolute Gasteiger partial charge is 0.348 e. The predicted molar refractivity (Wildman–Crippen MR) is 75.9 cm³/mol. The summed E-state index contributed by atoms with van der Waals surface area (Å²) < 4.78 is 0. The lowest BCUT2D eigenvalue weighted by Gasteiger charge is -2.20. The second-order valence-electron chi connectivity index (χ2n) is 4.10. The van der Waals surface area contributed by atoms with Gasteiger partial charge in [0.25, 0.3) is 0 Å². The van der Waals surface area contributed by atoms with Gasteiger partial charge in [-0.2, -0.15) is 0 Å². The number of benzene rings is 1. The molecule has 5 heteroatoms. The smallest absolute Gasteiger partial charge is 0.312 e. The number of hydrogen-bond donors (Lipinski definition) is 1. The van der Waals surface area contributed by atoms with Crippen molar-refractivity contribution in [3.8, 4) is 0 Å². The third-order valence-electron chi connectivity index (χ3n) is 2.68. The van der Waals surface area contributed by atoms with E-state index in [2.05, 4.69) is 5.32 Å². The number of halogens is 1. The van der Waals surface area contributed by atoms with Gasteiger partial charge in [0, 0.05) is 25.5 Å². The van der Waals surface area contributed by atoms with Crippen molar-refractivity contribution in [3.05, 3.63) is 35.9 Å². The zero-order valence-corrected chi connectivity index (χ0v) is 11.8. The van der Waals surface area contributed by atoms with Gasteiger partial charge in [-0.1, -0.05) is 30.3 Å². The van der Waals surface area contributed by atoms with E-state index in [0.717, 1.165) is 5.56 Å². The Balaban J connectivity index is 2.54. The van der Waals surface area contributed by atoms with Crippen molar-refractivity contribution < 1.29 is 9.59 Å². The van der Waals surface area contributed by atoms with Crippen LogP contribution in [0, 0.1) is 0 Å². The fourth-order valence-corrected chi connectivity index (χ4v) is 1.75. The van der Waals surface area contributed by atoms with E-state index in [4.69, 9.17) is 11.6 Å². The molecule has 1 aromatic rings. The number of hydrogen-bond acceptors (Lipinski definition) is 2. The molecule has 0 aliphatic rings. The van der Waals surface area contributed by atoms with E-state index in [-0.39, 0.29) is 0 Å². The zero-order valence-electron chi connectivity index (χ0n) is 11.1. The van der Waals surface area contributed by atoms with Gasteiger partial charge in [0.05, 0.1) is 0 Å². The van der Waals surface area contributed by atoms with Crippen molar-refractivity contribution in [1.82, 2.24) is 10.2 Å². The summed E-state index contributed by atoms with van der Waals surface area (Å²) in [5.41, 5.74) is 1.01. The summed E-state index contributed by atoms with van der Waals surface area (Å²) in [6.45, 7) is 3.22. The van der Waals surface area contributed by atoms with Crippen LogP contribution in [-0.2, 0) is 16.1 Å². The quantitative estimate of drug-likeness (QED) is 0.491. The van der Waals surface area contributed by atoms with E-state index in [9.17, 15) is 9.59 Å². The molecule has 0 aliphatic carbocycles. The Morgan fingerprint density at radius 2 is 1.95 bits per heavy atom. The van der Waals surface area contributed by atoms with E-state index in [1.165, 1.54) is 4.90 Å². The van der Waals surface area contributed by atoms with Crippen LogP contribution in [0.5, 0.6) is 0 Å². The van der Waals surface area contributed by atoms with E-state index in [1.54, 1.807) is 0 Å². The predicted octanol–water partition coefficient (Wildman–Crippen LogP) is 1.78. The van der Waals surface area contributed by atoms with Crippen LogP contribution in [0.2, 0.25) is 0 Å². The molecule has 0 unspecified atom stereocenters. The summed E-state index contributed by atoms with van der Waals surface area (Å²) in [4.78, 5) is 25.1. The molecule has 0 atom stereocenters. The number of nitrogens with one attached hydrogen (secondary N) is 1. The Labute approximate surface area is 118 Å². The first kappa shape index (κ1) is 15.5.